The van der Waals surface area contributed by atoms with Gasteiger partial charge < -0.3 is 4.90 Å². The van der Waals surface area contributed by atoms with Crippen molar-refractivity contribution >= 4 is 11.1 Å². The molecule has 1 aromatic heterocycles. The van der Waals surface area contributed by atoms with Gasteiger partial charge >= 0.3 is 0 Å². The molecule has 0 amide bonds. The number of allylic oxidation sites excluding steroid dienone is 6. The summed E-state index contributed by atoms with van der Waals surface area (Å²) in [7, 11) is 2.10. The van der Waals surface area contributed by atoms with Crippen LogP contribution in [0.4, 0.5) is 0 Å². The van der Waals surface area contributed by atoms with Gasteiger partial charge in [-0.2, -0.15) is 0 Å². The van der Waals surface area contributed by atoms with E-state index in [0.29, 0.717) is 0 Å². The van der Waals surface area contributed by atoms with E-state index in [0.717, 1.165) is 40.0 Å². The third-order valence-electron chi connectivity index (χ3n) is 8.97. The lowest BCUT2D eigenvalue weighted by atomic mass is 9.87. The predicted molar refractivity (Wildman–Crippen MR) is 254 cm³/mol. The first-order valence-electron chi connectivity index (χ1n) is 20.5. The van der Waals surface area contributed by atoms with Gasteiger partial charge in [-0.25, -0.2) is 0 Å². The molecule has 0 aliphatic heterocycles. The lowest BCUT2D eigenvalue weighted by Crippen LogP contribution is -2.15. The summed E-state index contributed by atoms with van der Waals surface area (Å²) in [4.78, 5) is 7.18. The molecule has 57 heavy (non-hydrogen) atoms. The summed E-state index contributed by atoms with van der Waals surface area (Å²) in [5, 5.41) is 0. The fourth-order valence-electron chi connectivity index (χ4n) is 5.57. The molecule has 0 N–H and O–H groups in total. The average Bonchev–Trinajstić information content (AvgIpc) is 3.25. The SMILES string of the molecule is C=C(C)/C(=C\CC(c1ccccc1)c1ccccc1)c1ccc(C(=C=CN(C)C(C)c2ccccc2)c2ccc(C)cc2)cn1.C=CC.CC.CC.CC=C(C)C. The van der Waals surface area contributed by atoms with E-state index in [4.69, 9.17) is 4.98 Å². The summed E-state index contributed by atoms with van der Waals surface area (Å²) < 4.78 is 0. The van der Waals surface area contributed by atoms with Crippen molar-refractivity contribution in [2.45, 2.75) is 94.5 Å². The molecule has 0 aliphatic carbocycles. The van der Waals surface area contributed by atoms with Crippen molar-refractivity contribution in [1.29, 1.82) is 0 Å². The van der Waals surface area contributed by atoms with Crippen molar-refractivity contribution in [1.82, 2.24) is 9.88 Å². The van der Waals surface area contributed by atoms with Crippen molar-refractivity contribution in [3.05, 3.63) is 227 Å². The highest BCUT2D eigenvalue weighted by molar-refractivity contribution is 5.81. The molecule has 0 saturated carbocycles. The minimum absolute atomic E-state index is 0.220. The van der Waals surface area contributed by atoms with Gasteiger partial charge in [0.1, 0.15) is 0 Å². The van der Waals surface area contributed by atoms with Gasteiger partial charge in [0.15, 0.2) is 0 Å². The fourth-order valence-corrected chi connectivity index (χ4v) is 5.57. The summed E-state index contributed by atoms with van der Waals surface area (Å²) in [5.74, 6) is 0.248. The van der Waals surface area contributed by atoms with Crippen LogP contribution in [-0.4, -0.2) is 16.9 Å². The first kappa shape index (κ1) is 49.3. The van der Waals surface area contributed by atoms with Crippen LogP contribution >= 0.6 is 0 Å². The molecule has 300 valence electrons. The number of nitrogens with zero attached hydrogens (tertiary/aromatic N) is 2. The molecule has 4 aromatic carbocycles. The van der Waals surface area contributed by atoms with Crippen molar-refractivity contribution in [2.24, 2.45) is 0 Å². The Bertz CT molecular complexity index is 1910. The zero-order valence-corrected chi connectivity index (χ0v) is 37.2. The Hall–Kier alpha value is -5.69. The highest BCUT2D eigenvalue weighted by Crippen LogP contribution is 2.32. The van der Waals surface area contributed by atoms with Crippen LogP contribution in [0.15, 0.2) is 188 Å². The number of rotatable bonds is 11. The number of hydrogen-bond acceptors (Lipinski definition) is 2. The van der Waals surface area contributed by atoms with Gasteiger partial charge in [0.25, 0.3) is 0 Å². The zero-order valence-electron chi connectivity index (χ0n) is 37.2. The van der Waals surface area contributed by atoms with Gasteiger partial charge in [0.05, 0.1) is 11.7 Å². The lowest BCUT2D eigenvalue weighted by molar-refractivity contribution is 0.362. The molecule has 0 spiro atoms. The predicted octanol–water partition coefficient (Wildman–Crippen LogP) is 16.0. The van der Waals surface area contributed by atoms with Crippen LogP contribution < -0.4 is 0 Å². The van der Waals surface area contributed by atoms with Gasteiger partial charge in [-0.3, -0.25) is 4.98 Å². The smallest absolute Gasteiger partial charge is 0.0701 e. The zero-order chi connectivity index (χ0) is 42.6. The normalized spacial score (nSPS) is 10.4. The molecule has 1 unspecified atom stereocenters. The van der Waals surface area contributed by atoms with E-state index in [-0.39, 0.29) is 12.0 Å². The van der Waals surface area contributed by atoms with E-state index < -0.39 is 0 Å². The Kier molecular flexibility index (Phi) is 24.8. The Morgan fingerprint density at radius 1 is 0.702 bits per heavy atom. The second-order valence-corrected chi connectivity index (χ2v) is 13.5. The van der Waals surface area contributed by atoms with Crippen LogP contribution in [0, 0.1) is 6.92 Å². The second-order valence-electron chi connectivity index (χ2n) is 13.5. The molecule has 0 radical (unpaired) electrons. The maximum Gasteiger partial charge on any atom is 0.0701 e. The Morgan fingerprint density at radius 3 is 1.54 bits per heavy atom. The van der Waals surface area contributed by atoms with E-state index in [9.17, 15) is 0 Å². The van der Waals surface area contributed by atoms with Crippen LogP contribution in [0.3, 0.4) is 0 Å². The number of aryl methyl sites for hydroxylation is 1. The number of aromatic nitrogens is 1. The largest absolute Gasteiger partial charge is 0.367 e. The molecule has 5 aromatic rings. The molecule has 1 heterocycles. The van der Waals surface area contributed by atoms with Crippen molar-refractivity contribution < 1.29 is 0 Å². The Labute approximate surface area is 348 Å². The van der Waals surface area contributed by atoms with Gasteiger partial charge in [0, 0.05) is 36.5 Å². The highest BCUT2D eigenvalue weighted by Gasteiger charge is 2.15. The molecule has 0 bridgehead atoms. The molecule has 0 saturated heterocycles. The third kappa shape index (κ3) is 17.3. The molecule has 5 rings (SSSR count). The molecular weight excluding hydrogens is 689 g/mol. The van der Waals surface area contributed by atoms with Gasteiger partial charge in [-0.15, -0.1) is 6.58 Å². The van der Waals surface area contributed by atoms with E-state index in [2.05, 4.69) is 205 Å². The van der Waals surface area contributed by atoms with E-state index in [1.54, 1.807) is 6.08 Å². The number of benzene rings is 4. The van der Waals surface area contributed by atoms with Crippen molar-refractivity contribution in [2.75, 3.05) is 7.05 Å². The first-order chi connectivity index (χ1) is 27.6. The fraction of sp³-hybridized carbons (Fsp3) is 0.273. The van der Waals surface area contributed by atoms with E-state index in [1.807, 2.05) is 53.9 Å². The minimum atomic E-state index is 0.220. The summed E-state index contributed by atoms with van der Waals surface area (Å²) in [6.45, 7) is 30.2. The maximum absolute atomic E-state index is 4.98. The van der Waals surface area contributed by atoms with Crippen molar-refractivity contribution in [3.8, 4) is 0 Å². The Balaban J connectivity index is 0.00000121. The molecular formula is C55H70N2. The highest BCUT2D eigenvalue weighted by atomic mass is 15.1. The molecule has 1 atom stereocenters. The third-order valence-corrected chi connectivity index (χ3v) is 8.97. The summed E-state index contributed by atoms with van der Waals surface area (Å²) in [6.07, 6.45) is 11.0. The minimum Gasteiger partial charge on any atom is -0.367 e. The van der Waals surface area contributed by atoms with Crippen LogP contribution in [0.5, 0.6) is 0 Å². The van der Waals surface area contributed by atoms with E-state index >= 15 is 0 Å². The standard InChI is InChI=1S/C43H42N2.C5H10.C3H6.2C2H6/c1-32(2)40(26-27-41(36-17-11-7-12-18-36)37-19-13-8-14-20-37)43-28-25-39(31-44-43)42(38-23-21-33(3)22-24-38)29-30-45(5)34(4)35-15-9-6-10-16-35;1-4-5(2)3;1-3-2;2*1-2/h6-26,28,30-31,34,41H,1,27H2,2-5H3;4H,1-3H3;3H,1H2,2H3;2*1-2H3/b40-26+;;;;. The lowest BCUT2D eigenvalue weighted by Gasteiger charge is -2.22. The van der Waals surface area contributed by atoms with Crippen molar-refractivity contribution in [3.63, 3.8) is 0 Å². The first-order valence-corrected chi connectivity index (χ1v) is 20.5. The van der Waals surface area contributed by atoms with Gasteiger partial charge in [-0.05, 0) is 94.4 Å². The van der Waals surface area contributed by atoms with Crippen LogP contribution in [0.1, 0.15) is 127 Å². The van der Waals surface area contributed by atoms with Crippen LogP contribution in [0.2, 0.25) is 0 Å². The topological polar surface area (TPSA) is 16.1 Å². The number of hydrogen-bond donors (Lipinski definition) is 0. The monoisotopic (exact) mass is 759 g/mol. The quantitative estimate of drug-likeness (QED) is 0.0757. The summed E-state index contributed by atoms with van der Waals surface area (Å²) in [5.41, 5.74) is 16.2. The van der Waals surface area contributed by atoms with Gasteiger partial charge in [-0.1, -0.05) is 191 Å². The summed E-state index contributed by atoms with van der Waals surface area (Å²) >= 11 is 0. The van der Waals surface area contributed by atoms with E-state index in [1.165, 1.54) is 27.8 Å². The maximum atomic E-state index is 4.98. The molecule has 0 fully saturated rings. The molecule has 2 nitrogen and oxygen atoms in total. The summed E-state index contributed by atoms with van der Waals surface area (Å²) in [6, 6.07) is 45.1. The van der Waals surface area contributed by atoms with Gasteiger partial charge in [0.2, 0.25) is 0 Å². The van der Waals surface area contributed by atoms with Crippen LogP contribution in [0.25, 0.3) is 11.1 Å². The molecule has 0 aliphatic rings. The average molecular weight is 759 g/mol. The van der Waals surface area contributed by atoms with Crippen LogP contribution in [-0.2, 0) is 0 Å². The molecule has 2 heteroatoms. The Morgan fingerprint density at radius 2 is 1.14 bits per heavy atom. The second kappa shape index (κ2) is 28.7. The number of pyridine rings is 1.